The largest absolute Gasteiger partial charge is 0.496 e. The van der Waals surface area contributed by atoms with Crippen LogP contribution in [0, 0.1) is 12.7 Å². The van der Waals surface area contributed by atoms with Crippen molar-refractivity contribution >= 4 is 41.3 Å². The molecule has 42 heavy (non-hydrogen) atoms. The van der Waals surface area contributed by atoms with Crippen LogP contribution in [-0.4, -0.2) is 47.1 Å². The number of nitrogens with zero attached hydrogens (tertiary/aromatic N) is 4. The number of aromatic nitrogens is 3. The number of halogens is 2. The molecule has 2 aliphatic rings. The lowest BCUT2D eigenvalue weighted by atomic mass is 9.93. The molecule has 0 spiro atoms. The minimum atomic E-state index is -0.465. The van der Waals surface area contributed by atoms with Gasteiger partial charge in [-0.1, -0.05) is 6.07 Å². The molecule has 1 atom stereocenters. The summed E-state index contributed by atoms with van der Waals surface area (Å²) in [5, 5.41) is 6.29. The van der Waals surface area contributed by atoms with Crippen molar-refractivity contribution in [3.8, 4) is 28.3 Å². The Hall–Kier alpha value is -4.28. The van der Waals surface area contributed by atoms with Crippen molar-refractivity contribution in [2.75, 3.05) is 35.7 Å². The molecule has 6 rings (SSSR count). The average Bonchev–Trinajstić information content (AvgIpc) is 2.97. The summed E-state index contributed by atoms with van der Waals surface area (Å²) in [6, 6.07) is 12.7. The summed E-state index contributed by atoms with van der Waals surface area (Å²) in [6.07, 6.45) is 6.61. The fraction of sp³-hybridized carbons (Fsp3) is 0.290. The summed E-state index contributed by atoms with van der Waals surface area (Å²) >= 11 is 0. The van der Waals surface area contributed by atoms with E-state index in [1.54, 1.807) is 24.4 Å². The number of piperidine rings is 1. The van der Waals surface area contributed by atoms with Gasteiger partial charge in [-0.05, 0) is 73.2 Å². The first-order valence-corrected chi connectivity index (χ1v) is 13.8. The van der Waals surface area contributed by atoms with Gasteiger partial charge in [0.25, 0.3) is 0 Å². The van der Waals surface area contributed by atoms with Crippen LogP contribution in [0.1, 0.15) is 30.4 Å². The van der Waals surface area contributed by atoms with E-state index in [9.17, 15) is 9.18 Å². The van der Waals surface area contributed by atoms with E-state index in [2.05, 4.69) is 37.6 Å². The van der Waals surface area contributed by atoms with Crippen molar-refractivity contribution in [1.82, 2.24) is 15.0 Å². The summed E-state index contributed by atoms with van der Waals surface area (Å²) in [5.41, 5.74) is 12.7. The summed E-state index contributed by atoms with van der Waals surface area (Å²) in [4.78, 5) is 27.9. The molecule has 0 aliphatic carbocycles. The molecule has 1 saturated heterocycles. The van der Waals surface area contributed by atoms with Crippen molar-refractivity contribution in [2.24, 2.45) is 5.73 Å². The molecule has 0 unspecified atom stereocenters. The maximum atomic E-state index is 14.7. The molecule has 218 valence electrons. The number of benzene rings is 2. The van der Waals surface area contributed by atoms with Crippen molar-refractivity contribution in [1.29, 1.82) is 0 Å². The van der Waals surface area contributed by atoms with E-state index in [0.717, 1.165) is 59.6 Å². The van der Waals surface area contributed by atoms with Crippen LogP contribution in [0.25, 0.3) is 22.5 Å². The highest BCUT2D eigenvalue weighted by Crippen LogP contribution is 2.38. The molecule has 2 aromatic carbocycles. The number of rotatable bonds is 6. The van der Waals surface area contributed by atoms with Gasteiger partial charge < -0.3 is 26.0 Å². The van der Waals surface area contributed by atoms with E-state index in [1.165, 1.54) is 13.2 Å². The van der Waals surface area contributed by atoms with E-state index in [1.807, 2.05) is 19.2 Å². The number of pyridine rings is 1. The minimum absolute atomic E-state index is 0. The zero-order valence-electron chi connectivity index (χ0n) is 23.5. The van der Waals surface area contributed by atoms with Gasteiger partial charge in [0.05, 0.1) is 12.7 Å². The number of hydrogen-bond donors (Lipinski definition) is 3. The minimum Gasteiger partial charge on any atom is -0.496 e. The third-order valence-corrected chi connectivity index (χ3v) is 7.63. The summed E-state index contributed by atoms with van der Waals surface area (Å²) < 4.78 is 20.0. The fourth-order valence-electron chi connectivity index (χ4n) is 5.64. The molecule has 1 amide bonds. The van der Waals surface area contributed by atoms with Gasteiger partial charge in [-0.25, -0.2) is 19.3 Å². The van der Waals surface area contributed by atoms with Gasteiger partial charge in [0, 0.05) is 61.0 Å². The van der Waals surface area contributed by atoms with Gasteiger partial charge in [-0.15, -0.1) is 12.4 Å². The molecule has 9 nitrogen and oxygen atoms in total. The average molecular weight is 590 g/mol. The Morgan fingerprint density at radius 2 is 2.00 bits per heavy atom. The highest BCUT2D eigenvalue weighted by atomic mass is 35.5. The topological polar surface area (TPSA) is 118 Å². The van der Waals surface area contributed by atoms with Crippen molar-refractivity contribution in [3.05, 3.63) is 71.8 Å². The number of carbonyl (C=O) groups is 1. The summed E-state index contributed by atoms with van der Waals surface area (Å²) in [6.45, 7) is 3.64. The first-order valence-electron chi connectivity index (χ1n) is 13.8. The highest BCUT2D eigenvalue weighted by molar-refractivity contribution is 5.96. The van der Waals surface area contributed by atoms with E-state index >= 15 is 0 Å². The fourth-order valence-corrected chi connectivity index (χ4v) is 5.64. The quantitative estimate of drug-likeness (QED) is 0.264. The Morgan fingerprint density at radius 1 is 1.14 bits per heavy atom. The number of amides is 1. The van der Waals surface area contributed by atoms with Gasteiger partial charge in [-0.3, -0.25) is 4.79 Å². The number of methoxy groups -OCH3 is 1. The second-order valence-corrected chi connectivity index (χ2v) is 10.5. The highest BCUT2D eigenvalue weighted by Gasteiger charge is 2.23. The monoisotopic (exact) mass is 589 g/mol. The first kappa shape index (κ1) is 29.2. The molecule has 4 N–H and O–H groups in total. The van der Waals surface area contributed by atoms with Crippen LogP contribution in [0.3, 0.4) is 0 Å². The Kier molecular flexibility index (Phi) is 8.56. The van der Waals surface area contributed by atoms with Crippen LogP contribution in [0.15, 0.2) is 54.9 Å². The smallest absolute Gasteiger partial charge is 0.224 e. The standard InChI is InChI=1S/C31H32FN7O2.ClH/c1-18-13-20(14-19-8-9-28(40)38-30(18)19)22-16-35-27(15-24(22)39-12-4-5-21(33)17-39)36-26-10-11-34-31(37-26)29-23(32)6-3-7-25(29)41-2;/h3,6-7,10-11,13-16,21H,4-5,8-9,12,17,33H2,1-2H3,(H,38,40)(H,34,35,36,37);1H/t21-;/m0./s1. The van der Waals surface area contributed by atoms with Crippen LogP contribution in [0.2, 0.25) is 0 Å². The van der Waals surface area contributed by atoms with Crippen LogP contribution in [0.4, 0.5) is 27.4 Å². The number of anilines is 4. The van der Waals surface area contributed by atoms with E-state index in [-0.39, 0.29) is 35.7 Å². The van der Waals surface area contributed by atoms with E-state index in [0.29, 0.717) is 30.2 Å². The van der Waals surface area contributed by atoms with Gasteiger partial charge in [0.2, 0.25) is 5.91 Å². The predicted molar refractivity (Wildman–Crippen MR) is 165 cm³/mol. The molecule has 0 saturated carbocycles. The van der Waals surface area contributed by atoms with Crippen LogP contribution < -0.4 is 26.0 Å². The molecule has 0 bridgehead atoms. The zero-order valence-corrected chi connectivity index (χ0v) is 24.3. The zero-order chi connectivity index (χ0) is 28.5. The normalized spacial score (nSPS) is 16.2. The Balaban J connectivity index is 0.00000353. The second kappa shape index (κ2) is 12.3. The van der Waals surface area contributed by atoms with E-state index in [4.69, 9.17) is 15.5 Å². The summed E-state index contributed by atoms with van der Waals surface area (Å²) in [5.74, 6) is 1.22. The lowest BCUT2D eigenvalue weighted by Gasteiger charge is -2.34. The van der Waals surface area contributed by atoms with Crippen LogP contribution in [-0.2, 0) is 11.2 Å². The third kappa shape index (κ3) is 5.86. The Morgan fingerprint density at radius 3 is 2.81 bits per heavy atom. The summed E-state index contributed by atoms with van der Waals surface area (Å²) in [7, 11) is 1.49. The molecule has 0 radical (unpaired) electrons. The maximum Gasteiger partial charge on any atom is 0.224 e. The number of nitrogens with two attached hydrogens (primary N) is 1. The van der Waals surface area contributed by atoms with E-state index < -0.39 is 5.82 Å². The molecule has 4 heterocycles. The SMILES string of the molecule is COc1cccc(F)c1-c1nccc(Nc2cc(N3CCC[C@H](N)C3)c(-c3cc(C)c4c(c3)CCC(=O)N4)cn2)n1.Cl. The number of hydrogen-bond acceptors (Lipinski definition) is 8. The van der Waals surface area contributed by atoms with Gasteiger partial charge in [-0.2, -0.15) is 0 Å². The van der Waals surface area contributed by atoms with Crippen LogP contribution >= 0.6 is 12.4 Å². The molecule has 2 aliphatic heterocycles. The maximum absolute atomic E-state index is 14.7. The Bertz CT molecular complexity index is 1630. The first-order chi connectivity index (χ1) is 19.9. The molecular weight excluding hydrogens is 557 g/mol. The second-order valence-electron chi connectivity index (χ2n) is 10.5. The lowest BCUT2D eigenvalue weighted by molar-refractivity contribution is -0.116. The van der Waals surface area contributed by atoms with Gasteiger partial charge in [0.15, 0.2) is 5.82 Å². The lowest BCUT2D eigenvalue weighted by Crippen LogP contribution is -2.43. The van der Waals surface area contributed by atoms with Crippen molar-refractivity contribution < 1.29 is 13.9 Å². The number of ether oxygens (including phenoxy) is 1. The molecule has 4 aromatic rings. The number of fused-ring (bicyclic) bond motifs is 1. The van der Waals surface area contributed by atoms with Gasteiger partial charge >= 0.3 is 0 Å². The van der Waals surface area contributed by atoms with Crippen molar-refractivity contribution in [2.45, 2.75) is 38.6 Å². The number of aryl methyl sites for hydroxylation is 2. The molecule has 1 fully saturated rings. The number of nitrogens with one attached hydrogen (secondary N) is 2. The van der Waals surface area contributed by atoms with Crippen molar-refractivity contribution in [3.63, 3.8) is 0 Å². The molecule has 2 aromatic heterocycles. The molecule has 11 heteroatoms. The Labute approximate surface area is 250 Å². The predicted octanol–water partition coefficient (Wildman–Crippen LogP) is 5.64. The number of carbonyl (C=O) groups excluding carboxylic acids is 1. The van der Waals surface area contributed by atoms with Crippen LogP contribution in [0.5, 0.6) is 5.75 Å². The molecular formula is C31H33ClFN7O2. The van der Waals surface area contributed by atoms with Gasteiger partial charge in [0.1, 0.15) is 23.2 Å². The third-order valence-electron chi connectivity index (χ3n) is 7.63.